The lowest BCUT2D eigenvalue weighted by molar-refractivity contribution is -0.150. The lowest BCUT2D eigenvalue weighted by Gasteiger charge is -2.45. The minimum atomic E-state index is -0.900. The van der Waals surface area contributed by atoms with Crippen LogP contribution in [-0.2, 0) is 20.9 Å². The second-order valence-corrected chi connectivity index (χ2v) is 11.9. The van der Waals surface area contributed by atoms with Crippen LogP contribution in [0.1, 0.15) is 91.0 Å². The first-order valence-electron chi connectivity index (χ1n) is 13.9. The molecule has 0 radical (unpaired) electrons. The minimum Gasteiger partial charge on any atom is -0.444 e. The third kappa shape index (κ3) is 9.12. The van der Waals surface area contributed by atoms with E-state index >= 15 is 0 Å². The molecule has 0 saturated heterocycles. The monoisotopic (exact) mass is 537 g/mol. The molecule has 2 N–H and O–H groups in total. The van der Waals surface area contributed by atoms with Crippen molar-refractivity contribution in [1.29, 1.82) is 0 Å². The van der Waals surface area contributed by atoms with Gasteiger partial charge in [-0.15, -0.1) is 0 Å². The molecule has 0 bridgehead atoms. The van der Waals surface area contributed by atoms with E-state index in [0.29, 0.717) is 19.4 Å². The molecular formula is C32H47N3O4. The molecule has 3 amide bonds. The highest BCUT2D eigenvalue weighted by molar-refractivity contribution is 5.93. The number of carbonyl (C=O) groups is 3. The molecule has 0 fully saturated rings. The number of nitrogens with zero attached hydrogens (tertiary/aromatic N) is 1. The van der Waals surface area contributed by atoms with Crippen LogP contribution < -0.4 is 10.6 Å². The van der Waals surface area contributed by atoms with Crippen molar-refractivity contribution in [3.8, 4) is 0 Å². The molecule has 3 atom stereocenters. The summed E-state index contributed by atoms with van der Waals surface area (Å²) in [7, 11) is 0. The Morgan fingerprint density at radius 2 is 1.59 bits per heavy atom. The van der Waals surface area contributed by atoms with E-state index in [-0.39, 0.29) is 17.7 Å². The van der Waals surface area contributed by atoms with Crippen molar-refractivity contribution in [3.05, 3.63) is 71.3 Å². The average molecular weight is 538 g/mol. The van der Waals surface area contributed by atoms with E-state index in [1.807, 2.05) is 96.1 Å². The van der Waals surface area contributed by atoms with E-state index < -0.39 is 29.3 Å². The Hall–Kier alpha value is -3.35. The number of nitrogens with one attached hydrogen (secondary N) is 2. The lowest BCUT2D eigenvalue weighted by atomic mass is 9.89. The molecule has 3 unspecified atom stereocenters. The Morgan fingerprint density at radius 3 is 2.13 bits per heavy atom. The zero-order valence-electron chi connectivity index (χ0n) is 25.1. The molecule has 214 valence electrons. The zero-order valence-corrected chi connectivity index (χ0v) is 25.1. The number of hydrogen-bond acceptors (Lipinski definition) is 4. The van der Waals surface area contributed by atoms with Crippen LogP contribution >= 0.6 is 0 Å². The first-order chi connectivity index (χ1) is 18.2. The lowest BCUT2D eigenvalue weighted by Crippen LogP contribution is -2.60. The van der Waals surface area contributed by atoms with Gasteiger partial charge in [0.1, 0.15) is 17.7 Å². The Bertz CT molecular complexity index is 1110. The molecule has 0 aromatic heterocycles. The number of aryl methyl sites for hydroxylation is 1. The normalized spacial score (nSPS) is 14.1. The van der Waals surface area contributed by atoms with Gasteiger partial charge >= 0.3 is 6.09 Å². The molecule has 0 spiro atoms. The van der Waals surface area contributed by atoms with Gasteiger partial charge in [0.25, 0.3) is 0 Å². The highest BCUT2D eigenvalue weighted by Gasteiger charge is 2.44. The molecule has 2 aromatic rings. The summed E-state index contributed by atoms with van der Waals surface area (Å²) < 4.78 is 5.50. The maximum absolute atomic E-state index is 14.5. The van der Waals surface area contributed by atoms with Gasteiger partial charge < -0.3 is 20.3 Å². The van der Waals surface area contributed by atoms with Crippen molar-refractivity contribution in [3.63, 3.8) is 0 Å². The molecule has 2 aromatic carbocycles. The molecule has 0 saturated carbocycles. The number of benzene rings is 2. The summed E-state index contributed by atoms with van der Waals surface area (Å²) in [5.74, 6) is -0.784. The molecule has 39 heavy (non-hydrogen) atoms. The topological polar surface area (TPSA) is 87.7 Å². The maximum Gasteiger partial charge on any atom is 0.408 e. The number of rotatable bonds is 11. The minimum absolute atomic E-state index is 0.189. The third-order valence-corrected chi connectivity index (χ3v) is 7.08. The number of carbonyl (C=O) groups excluding carboxylic acids is 3. The smallest absolute Gasteiger partial charge is 0.408 e. The number of amides is 3. The maximum atomic E-state index is 14.5. The van der Waals surface area contributed by atoms with Crippen molar-refractivity contribution < 1.29 is 19.1 Å². The van der Waals surface area contributed by atoms with Crippen LogP contribution in [0.2, 0.25) is 0 Å². The largest absolute Gasteiger partial charge is 0.444 e. The van der Waals surface area contributed by atoms with Gasteiger partial charge in [0, 0.05) is 12.1 Å². The van der Waals surface area contributed by atoms with Crippen LogP contribution in [0.5, 0.6) is 0 Å². The Kier molecular flexibility index (Phi) is 11.1. The van der Waals surface area contributed by atoms with Gasteiger partial charge in [-0.2, -0.15) is 0 Å². The Balaban J connectivity index is 2.58. The van der Waals surface area contributed by atoms with Crippen LogP contribution in [0.25, 0.3) is 0 Å². The second-order valence-electron chi connectivity index (χ2n) is 11.9. The van der Waals surface area contributed by atoms with Gasteiger partial charge in [0.05, 0.1) is 0 Å². The molecular weight excluding hydrogens is 490 g/mol. The molecule has 2 rings (SSSR count). The van der Waals surface area contributed by atoms with E-state index in [1.54, 1.807) is 25.7 Å². The number of ether oxygens (including phenoxy) is 1. The van der Waals surface area contributed by atoms with Gasteiger partial charge in [0.2, 0.25) is 11.8 Å². The van der Waals surface area contributed by atoms with E-state index in [0.717, 1.165) is 16.7 Å². The second kappa shape index (κ2) is 13.6. The Labute approximate surface area is 234 Å². The van der Waals surface area contributed by atoms with Crippen LogP contribution in [0.3, 0.4) is 0 Å². The summed E-state index contributed by atoms with van der Waals surface area (Å²) in [5.41, 5.74) is 1.26. The molecule has 0 aliphatic carbocycles. The summed E-state index contributed by atoms with van der Waals surface area (Å²) in [6, 6.07) is 15.6. The van der Waals surface area contributed by atoms with E-state index in [4.69, 9.17) is 4.74 Å². The van der Waals surface area contributed by atoms with Crippen molar-refractivity contribution in [2.24, 2.45) is 5.92 Å². The highest BCUT2D eigenvalue weighted by Crippen LogP contribution is 2.33. The fourth-order valence-electron chi connectivity index (χ4n) is 4.35. The highest BCUT2D eigenvalue weighted by atomic mass is 16.6. The fraction of sp³-hybridized carbons (Fsp3) is 0.531. The van der Waals surface area contributed by atoms with Crippen LogP contribution in [0.15, 0.2) is 54.6 Å². The third-order valence-electron chi connectivity index (χ3n) is 7.08. The zero-order chi connectivity index (χ0) is 29.4. The molecule has 7 heteroatoms. The van der Waals surface area contributed by atoms with E-state index in [1.165, 1.54) is 0 Å². The van der Waals surface area contributed by atoms with E-state index in [2.05, 4.69) is 10.6 Å². The summed E-state index contributed by atoms with van der Waals surface area (Å²) in [5, 5.41) is 5.89. The van der Waals surface area contributed by atoms with Crippen molar-refractivity contribution in [2.45, 2.75) is 105 Å². The summed E-state index contributed by atoms with van der Waals surface area (Å²) in [4.78, 5) is 43.0. The predicted molar refractivity (Wildman–Crippen MR) is 156 cm³/mol. The van der Waals surface area contributed by atoms with Gasteiger partial charge in [0.15, 0.2) is 0 Å². The molecule has 0 heterocycles. The summed E-state index contributed by atoms with van der Waals surface area (Å²) >= 11 is 0. The first kappa shape index (κ1) is 31.9. The quantitative estimate of drug-likeness (QED) is 0.352. The van der Waals surface area contributed by atoms with Gasteiger partial charge in [-0.1, -0.05) is 87.4 Å². The molecule has 0 aliphatic heterocycles. The van der Waals surface area contributed by atoms with Crippen molar-refractivity contribution in [2.75, 3.05) is 0 Å². The van der Waals surface area contributed by atoms with Crippen LogP contribution in [0.4, 0.5) is 4.79 Å². The van der Waals surface area contributed by atoms with Crippen molar-refractivity contribution >= 4 is 17.9 Å². The first-order valence-corrected chi connectivity index (χ1v) is 13.9. The van der Waals surface area contributed by atoms with Crippen LogP contribution in [-0.4, -0.2) is 40.0 Å². The molecule has 0 aliphatic rings. The number of hydrogen-bond donors (Lipinski definition) is 2. The standard InChI is InChI=1S/C32H47N3O4/c1-10-23(4)26(34-30(38)39-31(5,6)7)29(37)35(32(8,9)11-2)27(25-19-15-16-22(3)20-25)28(36)33-21-24-17-13-12-14-18-24/h12-20,23,26-27H,10-11,21H2,1-9H3,(H,33,36)(H,34,38). The predicted octanol–water partition coefficient (Wildman–Crippen LogP) is 6.31. The van der Waals surface area contributed by atoms with Gasteiger partial charge in [-0.25, -0.2) is 4.79 Å². The number of alkyl carbamates (subject to hydrolysis) is 1. The van der Waals surface area contributed by atoms with E-state index in [9.17, 15) is 14.4 Å². The van der Waals surface area contributed by atoms with Crippen LogP contribution in [0, 0.1) is 12.8 Å². The molecule has 7 nitrogen and oxygen atoms in total. The van der Waals surface area contributed by atoms with Crippen molar-refractivity contribution in [1.82, 2.24) is 15.5 Å². The fourth-order valence-corrected chi connectivity index (χ4v) is 4.35. The van der Waals surface area contributed by atoms with Gasteiger partial charge in [-0.3, -0.25) is 9.59 Å². The average Bonchev–Trinajstić information content (AvgIpc) is 2.87. The summed E-state index contributed by atoms with van der Waals surface area (Å²) in [6.07, 6.45) is 0.602. The van der Waals surface area contributed by atoms with Gasteiger partial charge in [-0.05, 0) is 65.0 Å². The summed E-state index contributed by atoms with van der Waals surface area (Å²) in [6.45, 7) is 17.5. The Morgan fingerprint density at radius 1 is 0.949 bits per heavy atom. The SMILES string of the molecule is CCC(C)C(NC(=O)OC(C)(C)C)C(=O)N(C(C(=O)NCc1ccccc1)c1cccc(C)c1)C(C)(C)CC.